The van der Waals surface area contributed by atoms with Gasteiger partial charge in [-0.25, -0.2) is 23.9 Å². The maximum absolute atomic E-state index is 11.1. The molecule has 0 radical (unpaired) electrons. The molecular weight excluding hydrogens is 496 g/mol. The predicted molar refractivity (Wildman–Crippen MR) is 127 cm³/mol. The number of carboxylic acid groups (broad SMARTS) is 2. The van der Waals surface area contributed by atoms with E-state index in [9.17, 15) is 25.1 Å². The number of hydrogen-bond acceptors (Lipinski definition) is 10. The lowest BCUT2D eigenvalue weighted by Crippen LogP contribution is -2.00. The fourth-order valence-electron chi connectivity index (χ4n) is 3.56. The summed E-state index contributed by atoms with van der Waals surface area (Å²) in [5.74, 6) is -3.42. The van der Waals surface area contributed by atoms with Crippen molar-refractivity contribution in [3.63, 3.8) is 0 Å². The van der Waals surface area contributed by atoms with Gasteiger partial charge in [-0.05, 0) is 36.4 Å². The number of aromatic hydroxyl groups is 2. The molecule has 0 amide bonds. The second-order valence-electron chi connectivity index (χ2n) is 7.85. The first-order chi connectivity index (χ1) is 18.2. The Morgan fingerprint density at radius 1 is 0.711 bits per heavy atom. The molecule has 0 aliphatic rings. The van der Waals surface area contributed by atoms with Gasteiger partial charge >= 0.3 is 11.9 Å². The Hall–Kier alpha value is -6.10. The second kappa shape index (κ2) is 9.17. The summed E-state index contributed by atoms with van der Waals surface area (Å²) in [6, 6.07) is 12.9. The predicted octanol–water partition coefficient (Wildman–Crippen LogP) is 2.26. The Kier molecular flexibility index (Phi) is 5.70. The first-order valence-electron chi connectivity index (χ1n) is 10.6. The molecule has 4 N–H and O–H groups in total. The van der Waals surface area contributed by atoms with Crippen LogP contribution in [0.2, 0.25) is 0 Å². The minimum absolute atomic E-state index is 0.251. The topological polar surface area (TPSA) is 213 Å². The van der Waals surface area contributed by atoms with Crippen LogP contribution in [0.25, 0.3) is 34.2 Å². The molecule has 3 aromatic heterocycles. The molecule has 14 nitrogen and oxygen atoms in total. The standard InChI is InChI=1S/C24H14N8O6/c25-9-12-5-17(19-10-31(29-27-19)13-1-3-15(23(35)36)21(33)7-13)26-18(6-12)20-11-32(30-28-20)14-2-4-16(24(37)38)22(34)8-14/h1-8,10-11,33-34H,(H,35,36)(H,37,38). The van der Waals surface area contributed by atoms with E-state index in [2.05, 4.69) is 25.6 Å². The van der Waals surface area contributed by atoms with Crippen molar-refractivity contribution in [2.24, 2.45) is 0 Å². The summed E-state index contributed by atoms with van der Waals surface area (Å²) in [6.45, 7) is 0. The van der Waals surface area contributed by atoms with Crippen LogP contribution in [0.1, 0.15) is 26.3 Å². The van der Waals surface area contributed by atoms with Gasteiger partial charge in [-0.2, -0.15) is 5.26 Å². The summed E-state index contributed by atoms with van der Waals surface area (Å²) in [5, 5.41) is 63.8. The van der Waals surface area contributed by atoms with Crippen molar-refractivity contribution in [1.29, 1.82) is 5.26 Å². The van der Waals surface area contributed by atoms with Gasteiger partial charge in [-0.1, -0.05) is 10.4 Å². The average Bonchev–Trinajstić information content (AvgIpc) is 3.58. The molecule has 0 spiro atoms. The molecule has 0 aliphatic heterocycles. The lowest BCUT2D eigenvalue weighted by molar-refractivity contribution is 0.0682. The lowest BCUT2D eigenvalue weighted by atomic mass is 10.1. The largest absolute Gasteiger partial charge is 0.507 e. The van der Waals surface area contributed by atoms with Gasteiger partial charge in [0.25, 0.3) is 0 Å². The van der Waals surface area contributed by atoms with E-state index in [1.165, 1.54) is 70.3 Å². The molecular formula is C24H14N8O6. The molecule has 186 valence electrons. The molecule has 2 aromatic carbocycles. The molecule has 0 bridgehead atoms. The summed E-state index contributed by atoms with van der Waals surface area (Å²) < 4.78 is 2.62. The first kappa shape index (κ1) is 23.6. The van der Waals surface area contributed by atoms with E-state index < -0.39 is 23.4 Å². The SMILES string of the molecule is N#Cc1cc(-c2cn(-c3ccc(C(=O)O)c(O)c3)nn2)nc(-c2cn(-c3ccc(C(=O)O)c(O)c3)nn2)c1. The third kappa shape index (κ3) is 4.33. The Morgan fingerprint density at radius 2 is 1.16 bits per heavy atom. The van der Waals surface area contributed by atoms with E-state index >= 15 is 0 Å². The van der Waals surface area contributed by atoms with Crippen LogP contribution in [0, 0.1) is 11.3 Å². The smallest absolute Gasteiger partial charge is 0.339 e. The molecule has 0 saturated heterocycles. The number of nitriles is 1. The van der Waals surface area contributed by atoms with Crippen LogP contribution < -0.4 is 0 Å². The maximum Gasteiger partial charge on any atom is 0.339 e. The van der Waals surface area contributed by atoms with Crippen molar-refractivity contribution in [2.75, 3.05) is 0 Å². The van der Waals surface area contributed by atoms with Gasteiger partial charge < -0.3 is 20.4 Å². The molecule has 5 rings (SSSR count). The van der Waals surface area contributed by atoms with Crippen LogP contribution in [0.3, 0.4) is 0 Å². The third-order valence-electron chi connectivity index (χ3n) is 5.42. The number of phenols is 2. The average molecular weight is 510 g/mol. The zero-order valence-electron chi connectivity index (χ0n) is 19.0. The molecule has 3 heterocycles. The van der Waals surface area contributed by atoms with Crippen LogP contribution in [0.15, 0.2) is 60.9 Å². The quantitative estimate of drug-likeness (QED) is 0.259. The highest BCUT2D eigenvalue weighted by Crippen LogP contribution is 2.26. The normalized spacial score (nSPS) is 10.7. The van der Waals surface area contributed by atoms with Crippen molar-refractivity contribution >= 4 is 11.9 Å². The Morgan fingerprint density at radius 3 is 1.53 bits per heavy atom. The van der Waals surface area contributed by atoms with Crippen LogP contribution in [-0.2, 0) is 0 Å². The van der Waals surface area contributed by atoms with Gasteiger partial charge in [0.05, 0.1) is 46.8 Å². The number of aromatic nitrogens is 7. The van der Waals surface area contributed by atoms with Gasteiger partial charge in [-0.15, -0.1) is 10.2 Å². The minimum Gasteiger partial charge on any atom is -0.507 e. The zero-order chi connectivity index (χ0) is 27.0. The molecule has 0 atom stereocenters. The van der Waals surface area contributed by atoms with Gasteiger partial charge in [-0.3, -0.25) is 0 Å². The number of pyridine rings is 1. The summed E-state index contributed by atoms with van der Waals surface area (Å²) in [5.41, 5.74) is 1.57. The van der Waals surface area contributed by atoms with Crippen molar-refractivity contribution in [3.8, 4) is 51.7 Å². The Labute approximate surface area is 211 Å². The summed E-state index contributed by atoms with van der Waals surface area (Å²) in [7, 11) is 0. The fraction of sp³-hybridized carbons (Fsp3) is 0. The van der Waals surface area contributed by atoms with Crippen LogP contribution in [0.4, 0.5) is 0 Å². The van der Waals surface area contributed by atoms with Gasteiger partial charge in [0.15, 0.2) is 0 Å². The van der Waals surface area contributed by atoms with E-state index in [1.807, 2.05) is 6.07 Å². The number of hydrogen-bond donors (Lipinski definition) is 4. The van der Waals surface area contributed by atoms with Crippen LogP contribution in [0.5, 0.6) is 11.5 Å². The number of carbonyl (C=O) groups is 2. The summed E-state index contributed by atoms with van der Waals surface area (Å²) in [6.07, 6.45) is 2.98. The highest BCUT2D eigenvalue weighted by atomic mass is 16.4. The molecule has 0 fully saturated rings. The minimum atomic E-state index is -1.27. The number of carboxylic acids is 2. The van der Waals surface area contributed by atoms with Gasteiger partial charge in [0.2, 0.25) is 0 Å². The number of rotatable bonds is 6. The van der Waals surface area contributed by atoms with Crippen LogP contribution >= 0.6 is 0 Å². The first-order valence-corrected chi connectivity index (χ1v) is 10.6. The zero-order valence-corrected chi connectivity index (χ0v) is 19.0. The fourth-order valence-corrected chi connectivity index (χ4v) is 3.56. The molecule has 0 saturated carbocycles. The van der Waals surface area contributed by atoms with E-state index in [0.717, 1.165) is 0 Å². The number of nitrogens with zero attached hydrogens (tertiary/aromatic N) is 8. The van der Waals surface area contributed by atoms with Gasteiger partial charge in [0, 0.05) is 12.1 Å². The molecule has 38 heavy (non-hydrogen) atoms. The van der Waals surface area contributed by atoms with Gasteiger partial charge in [0.1, 0.15) is 34.0 Å². The van der Waals surface area contributed by atoms with Crippen molar-refractivity contribution < 1.29 is 30.0 Å². The number of benzene rings is 2. The second-order valence-corrected chi connectivity index (χ2v) is 7.85. The highest BCUT2D eigenvalue weighted by Gasteiger charge is 2.16. The molecule has 0 aliphatic carbocycles. The van der Waals surface area contributed by atoms with Crippen LogP contribution in [-0.4, -0.2) is 67.3 Å². The van der Waals surface area contributed by atoms with E-state index in [4.69, 9.17) is 10.2 Å². The van der Waals surface area contributed by atoms with Crippen molar-refractivity contribution in [3.05, 3.63) is 77.6 Å². The molecule has 5 aromatic rings. The molecule has 14 heteroatoms. The monoisotopic (exact) mass is 510 g/mol. The molecule has 0 unspecified atom stereocenters. The maximum atomic E-state index is 11.1. The van der Waals surface area contributed by atoms with Crippen molar-refractivity contribution in [1.82, 2.24) is 35.0 Å². The van der Waals surface area contributed by atoms with E-state index in [1.54, 1.807) is 0 Å². The van der Waals surface area contributed by atoms with Crippen molar-refractivity contribution in [2.45, 2.75) is 0 Å². The van der Waals surface area contributed by atoms with E-state index in [-0.39, 0.29) is 39.5 Å². The number of aromatic carboxylic acids is 2. The summed E-state index contributed by atoms with van der Waals surface area (Å²) >= 11 is 0. The van der Waals surface area contributed by atoms with E-state index in [0.29, 0.717) is 11.4 Å². The Bertz CT molecular complexity index is 1660. The third-order valence-corrected chi connectivity index (χ3v) is 5.42. The lowest BCUT2D eigenvalue weighted by Gasteiger charge is -2.04. The Balaban J connectivity index is 1.48. The summed E-state index contributed by atoms with van der Waals surface area (Å²) in [4.78, 5) is 26.8. The highest BCUT2D eigenvalue weighted by molar-refractivity contribution is 5.91.